The van der Waals surface area contributed by atoms with Gasteiger partial charge in [-0.3, -0.25) is 9.59 Å². The third-order valence-electron chi connectivity index (χ3n) is 7.26. The normalized spacial score (nSPS) is 12.8. The standard InChI is InChI=1S/C30H30N4O4/c1-15-9-20-12-25-17(3)21(5-7-29(35)36)27(33-25)14-28-22(6-8-30(37)38)18(4)26(34-28)13-24-16(2)10-19(32-24)11-23(15)31-20/h9-14,33-34H,5-8H2,1-4H3,(H,35,36)(H,37,38). The molecule has 3 aromatic rings. The molecule has 8 nitrogen and oxygen atoms in total. The summed E-state index contributed by atoms with van der Waals surface area (Å²) in [5.41, 5.74) is 12.5. The Morgan fingerprint density at radius 1 is 0.658 bits per heavy atom. The van der Waals surface area contributed by atoms with Gasteiger partial charge in [0.1, 0.15) is 0 Å². The van der Waals surface area contributed by atoms with Crippen LogP contribution in [0, 0.1) is 13.8 Å². The average Bonchev–Trinajstić information content (AvgIpc) is 3.53. The van der Waals surface area contributed by atoms with Crippen LogP contribution in [-0.4, -0.2) is 42.1 Å². The molecule has 0 radical (unpaired) electrons. The second kappa shape index (κ2) is 9.78. The van der Waals surface area contributed by atoms with Crippen molar-refractivity contribution in [2.24, 2.45) is 0 Å². The number of aromatic nitrogens is 4. The highest BCUT2D eigenvalue weighted by Crippen LogP contribution is 2.30. The number of hydrogen-bond acceptors (Lipinski definition) is 4. The van der Waals surface area contributed by atoms with E-state index in [2.05, 4.69) is 9.97 Å². The SMILES string of the molecule is CC1=Cc2cc3[nH]c(cc4[nH]c(cc5nc(cc1n2)C=C5C)c(C)c4CCC(=O)O)c(CCC(=O)O)c3C. The number of carbonyl (C=O) groups is 2. The molecule has 0 spiro atoms. The van der Waals surface area contributed by atoms with Gasteiger partial charge >= 0.3 is 11.9 Å². The lowest BCUT2D eigenvalue weighted by Crippen LogP contribution is -1.98. The third-order valence-corrected chi connectivity index (χ3v) is 7.26. The molecule has 4 N–H and O–H groups in total. The molecular formula is C30H30N4O4. The average molecular weight is 511 g/mol. The molecule has 0 aromatic carbocycles. The van der Waals surface area contributed by atoms with Crippen LogP contribution in [0.4, 0.5) is 0 Å². The summed E-state index contributed by atoms with van der Waals surface area (Å²) in [6, 6.07) is 7.92. The fourth-order valence-corrected chi connectivity index (χ4v) is 5.12. The molecule has 0 saturated heterocycles. The minimum atomic E-state index is -0.861. The number of aliphatic carboxylic acids is 2. The van der Waals surface area contributed by atoms with Crippen LogP contribution in [0.5, 0.6) is 0 Å². The first-order valence-corrected chi connectivity index (χ1v) is 12.6. The summed E-state index contributed by atoms with van der Waals surface area (Å²) in [6.45, 7) is 8.01. The number of nitrogens with zero attached hydrogens (tertiary/aromatic N) is 2. The smallest absolute Gasteiger partial charge is 0.303 e. The Labute approximate surface area is 219 Å². The minimum absolute atomic E-state index is 0.00448. The van der Waals surface area contributed by atoms with Crippen LogP contribution in [0.2, 0.25) is 0 Å². The molecule has 2 aliphatic rings. The van der Waals surface area contributed by atoms with Crippen LogP contribution in [0.3, 0.4) is 0 Å². The van der Waals surface area contributed by atoms with E-state index in [1.807, 2.05) is 64.1 Å². The van der Waals surface area contributed by atoms with Crippen molar-refractivity contribution in [1.29, 1.82) is 0 Å². The molecule has 0 unspecified atom stereocenters. The zero-order valence-electron chi connectivity index (χ0n) is 21.9. The van der Waals surface area contributed by atoms with Gasteiger partial charge in [-0.2, -0.15) is 0 Å². The molecule has 0 amide bonds. The highest BCUT2D eigenvalue weighted by molar-refractivity contribution is 5.87. The first kappa shape index (κ1) is 25.2. The summed E-state index contributed by atoms with van der Waals surface area (Å²) >= 11 is 0. The Bertz CT molecular complexity index is 1720. The van der Waals surface area contributed by atoms with E-state index < -0.39 is 11.9 Å². The Hall–Kier alpha value is -4.46. The van der Waals surface area contributed by atoms with Crippen molar-refractivity contribution in [2.75, 3.05) is 0 Å². The zero-order chi connectivity index (χ0) is 27.1. The van der Waals surface area contributed by atoms with Gasteiger partial charge in [0, 0.05) is 34.9 Å². The number of allylic oxidation sites excluding steroid dienone is 2. The molecule has 2 aliphatic heterocycles. The van der Waals surface area contributed by atoms with E-state index in [0.717, 1.165) is 78.2 Å². The van der Waals surface area contributed by atoms with E-state index in [-0.39, 0.29) is 12.8 Å². The highest BCUT2D eigenvalue weighted by Gasteiger charge is 2.15. The summed E-state index contributed by atoms with van der Waals surface area (Å²) in [4.78, 5) is 39.4. The molecule has 8 heteroatoms. The van der Waals surface area contributed by atoms with Crippen LogP contribution in [0.25, 0.3) is 45.4 Å². The van der Waals surface area contributed by atoms with Gasteiger partial charge in [-0.25, -0.2) is 9.97 Å². The van der Waals surface area contributed by atoms with Crippen molar-refractivity contribution in [3.8, 4) is 0 Å². The predicted octanol–water partition coefficient (Wildman–Crippen LogP) is 6.09. The molecule has 3 aromatic heterocycles. The van der Waals surface area contributed by atoms with Gasteiger partial charge in [-0.1, -0.05) is 0 Å². The first-order chi connectivity index (χ1) is 18.1. The molecule has 38 heavy (non-hydrogen) atoms. The fourth-order valence-electron chi connectivity index (χ4n) is 5.12. The number of nitrogens with one attached hydrogen (secondary N) is 2. The summed E-state index contributed by atoms with van der Waals surface area (Å²) in [7, 11) is 0. The van der Waals surface area contributed by atoms with Crippen LogP contribution < -0.4 is 0 Å². The maximum atomic E-state index is 11.4. The lowest BCUT2D eigenvalue weighted by molar-refractivity contribution is -0.138. The summed E-state index contributed by atoms with van der Waals surface area (Å²) in [5, 5.41) is 18.7. The van der Waals surface area contributed by atoms with E-state index >= 15 is 0 Å². The lowest BCUT2D eigenvalue weighted by atomic mass is 10.0. The monoisotopic (exact) mass is 510 g/mol. The van der Waals surface area contributed by atoms with Crippen molar-refractivity contribution in [2.45, 2.75) is 53.4 Å². The van der Waals surface area contributed by atoms with Gasteiger partial charge in [0.25, 0.3) is 0 Å². The van der Waals surface area contributed by atoms with Crippen molar-refractivity contribution >= 4 is 57.3 Å². The van der Waals surface area contributed by atoms with E-state index in [9.17, 15) is 19.8 Å². The van der Waals surface area contributed by atoms with Crippen molar-refractivity contribution < 1.29 is 19.8 Å². The van der Waals surface area contributed by atoms with E-state index in [1.165, 1.54) is 0 Å². The Morgan fingerprint density at radius 3 is 1.61 bits per heavy atom. The van der Waals surface area contributed by atoms with Crippen LogP contribution >= 0.6 is 0 Å². The second-order valence-corrected chi connectivity index (χ2v) is 9.98. The predicted molar refractivity (Wildman–Crippen MR) is 149 cm³/mol. The molecule has 0 aliphatic carbocycles. The fraction of sp³-hybridized carbons (Fsp3) is 0.267. The van der Waals surface area contributed by atoms with Crippen LogP contribution in [-0.2, 0) is 22.4 Å². The van der Waals surface area contributed by atoms with Gasteiger partial charge in [-0.05, 0) is 110 Å². The quantitative estimate of drug-likeness (QED) is 0.317. The topological polar surface area (TPSA) is 132 Å². The number of aryl methyl sites for hydroxylation is 4. The number of carboxylic acid groups (broad SMARTS) is 2. The van der Waals surface area contributed by atoms with Crippen molar-refractivity contribution in [1.82, 2.24) is 19.9 Å². The maximum Gasteiger partial charge on any atom is 0.303 e. The number of aromatic amines is 2. The number of carboxylic acids is 2. The minimum Gasteiger partial charge on any atom is -0.481 e. The molecule has 5 rings (SSSR count). The largest absolute Gasteiger partial charge is 0.481 e. The molecule has 5 heterocycles. The van der Waals surface area contributed by atoms with Crippen molar-refractivity contribution in [3.05, 3.63) is 69.3 Å². The lowest BCUT2D eigenvalue weighted by Gasteiger charge is -2.00. The maximum absolute atomic E-state index is 11.4. The van der Waals surface area contributed by atoms with Crippen molar-refractivity contribution in [3.63, 3.8) is 0 Å². The summed E-state index contributed by atoms with van der Waals surface area (Å²) < 4.78 is 0. The van der Waals surface area contributed by atoms with Gasteiger partial charge in [0.15, 0.2) is 0 Å². The number of H-pyrrole nitrogens is 2. The van der Waals surface area contributed by atoms with Gasteiger partial charge in [0.2, 0.25) is 0 Å². The Balaban J connectivity index is 1.88. The van der Waals surface area contributed by atoms with E-state index in [1.54, 1.807) is 0 Å². The molecule has 8 bridgehead atoms. The van der Waals surface area contributed by atoms with Crippen LogP contribution in [0.1, 0.15) is 71.7 Å². The van der Waals surface area contributed by atoms with Gasteiger partial charge < -0.3 is 20.2 Å². The molecular weight excluding hydrogens is 480 g/mol. The van der Waals surface area contributed by atoms with Gasteiger partial charge in [-0.15, -0.1) is 0 Å². The van der Waals surface area contributed by atoms with E-state index in [4.69, 9.17) is 9.97 Å². The molecule has 194 valence electrons. The second-order valence-electron chi connectivity index (χ2n) is 9.98. The molecule has 0 saturated carbocycles. The number of rotatable bonds is 6. The zero-order valence-corrected chi connectivity index (χ0v) is 21.9. The molecule has 0 atom stereocenters. The van der Waals surface area contributed by atoms with Crippen LogP contribution in [0.15, 0.2) is 24.3 Å². The highest BCUT2D eigenvalue weighted by atomic mass is 16.4. The van der Waals surface area contributed by atoms with Gasteiger partial charge in [0.05, 0.1) is 22.8 Å². The molecule has 0 fully saturated rings. The number of hydrogen-bond donors (Lipinski definition) is 4. The Kier molecular flexibility index (Phi) is 6.48. The van der Waals surface area contributed by atoms with E-state index in [0.29, 0.717) is 12.8 Å². The first-order valence-electron chi connectivity index (χ1n) is 12.6. The summed E-state index contributed by atoms with van der Waals surface area (Å²) in [6.07, 6.45) is 4.80. The Morgan fingerprint density at radius 2 is 1.11 bits per heavy atom. The number of fused-ring (bicyclic) bond motifs is 8. The third kappa shape index (κ3) is 4.89. The summed E-state index contributed by atoms with van der Waals surface area (Å²) in [5.74, 6) is -1.72.